The Morgan fingerprint density at radius 1 is 1.11 bits per heavy atom. The average molecular weight is 514 g/mol. The van der Waals surface area contributed by atoms with Crippen LogP contribution in [-0.4, -0.2) is 38.0 Å². The van der Waals surface area contributed by atoms with E-state index in [1.807, 2.05) is 16.7 Å². The molecule has 1 aromatic carbocycles. The molecule has 6 nitrogen and oxygen atoms in total. The number of benzene rings is 1. The molecule has 4 aromatic rings. The Kier molecular flexibility index (Phi) is 6.29. The van der Waals surface area contributed by atoms with E-state index in [0.717, 1.165) is 39.6 Å². The Hall–Kier alpha value is -3.66. The maximum atomic E-state index is 13.1. The smallest absolute Gasteiger partial charge is 0.425 e. The highest BCUT2D eigenvalue weighted by molar-refractivity contribution is 7.12. The fourth-order valence-electron chi connectivity index (χ4n) is 4.68. The summed E-state index contributed by atoms with van der Waals surface area (Å²) in [6.07, 6.45) is -1.44. The molecule has 0 bridgehead atoms. The van der Waals surface area contributed by atoms with Crippen LogP contribution in [-0.2, 0) is 36.9 Å². The first-order valence-electron chi connectivity index (χ1n) is 11.4. The number of alkyl halides is 3. The van der Waals surface area contributed by atoms with Gasteiger partial charge < -0.3 is 14.6 Å². The molecule has 0 fully saturated rings. The lowest BCUT2D eigenvalue weighted by molar-refractivity contribution is -0.134. The normalized spacial score (nSPS) is 13.7. The number of halogens is 3. The molecule has 0 atom stereocenters. The average Bonchev–Trinajstić information content (AvgIpc) is 3.46. The number of carboxylic acids is 1. The second kappa shape index (κ2) is 9.42. The number of aryl methyl sites for hydroxylation is 1. The Bertz CT molecular complexity index is 1460. The summed E-state index contributed by atoms with van der Waals surface area (Å²) in [6, 6.07) is 12.9. The zero-order chi connectivity index (χ0) is 25.4. The predicted octanol–water partition coefficient (Wildman–Crippen LogP) is 5.38. The van der Waals surface area contributed by atoms with Crippen LogP contribution in [0, 0.1) is 0 Å². The lowest BCUT2D eigenvalue weighted by Gasteiger charge is -2.28. The van der Waals surface area contributed by atoms with Crippen molar-refractivity contribution in [3.63, 3.8) is 0 Å². The molecule has 0 spiro atoms. The molecular formula is C26H22F3N3O3S. The number of rotatable bonds is 6. The van der Waals surface area contributed by atoms with Crippen molar-refractivity contribution in [2.45, 2.75) is 38.5 Å². The van der Waals surface area contributed by atoms with Gasteiger partial charge in [-0.05, 0) is 60.4 Å². The van der Waals surface area contributed by atoms with Gasteiger partial charge in [0, 0.05) is 35.1 Å². The molecule has 36 heavy (non-hydrogen) atoms. The molecule has 1 aliphatic rings. The van der Waals surface area contributed by atoms with Crippen LogP contribution in [0.4, 0.5) is 13.2 Å². The van der Waals surface area contributed by atoms with Crippen LogP contribution in [0.15, 0.2) is 54.7 Å². The highest BCUT2D eigenvalue weighted by atomic mass is 32.1. The third kappa shape index (κ3) is 4.73. The minimum Gasteiger partial charge on any atom is -0.478 e. The number of carbonyl (C=O) groups is 2. The Morgan fingerprint density at radius 2 is 1.94 bits per heavy atom. The predicted molar refractivity (Wildman–Crippen MR) is 129 cm³/mol. The quantitative estimate of drug-likeness (QED) is 0.376. The van der Waals surface area contributed by atoms with Crippen molar-refractivity contribution in [1.29, 1.82) is 0 Å². The number of pyridine rings is 1. The van der Waals surface area contributed by atoms with Gasteiger partial charge in [-0.3, -0.25) is 4.79 Å². The van der Waals surface area contributed by atoms with Gasteiger partial charge in [0.05, 0.1) is 18.7 Å². The number of aromatic carboxylic acids is 1. The van der Waals surface area contributed by atoms with E-state index in [1.165, 1.54) is 12.1 Å². The van der Waals surface area contributed by atoms with E-state index >= 15 is 0 Å². The molecule has 3 aromatic heterocycles. The molecule has 0 saturated carbocycles. The van der Waals surface area contributed by atoms with E-state index in [1.54, 1.807) is 29.3 Å². The third-order valence-corrected chi connectivity index (χ3v) is 7.54. The van der Waals surface area contributed by atoms with Crippen molar-refractivity contribution in [3.8, 4) is 0 Å². The zero-order valence-electron chi connectivity index (χ0n) is 19.1. The first-order chi connectivity index (χ1) is 17.2. The Morgan fingerprint density at radius 3 is 2.69 bits per heavy atom. The van der Waals surface area contributed by atoms with Crippen LogP contribution in [0.2, 0.25) is 0 Å². The summed E-state index contributed by atoms with van der Waals surface area (Å²) in [5, 5.41) is 10.1. The van der Waals surface area contributed by atoms with Crippen LogP contribution in [0.1, 0.15) is 43.4 Å². The summed E-state index contributed by atoms with van der Waals surface area (Å²) in [5.41, 5.74) is 3.62. The summed E-state index contributed by atoms with van der Waals surface area (Å²) >= 11 is 0.717. The van der Waals surface area contributed by atoms with Crippen molar-refractivity contribution in [2.24, 2.45) is 0 Å². The highest BCUT2D eigenvalue weighted by Crippen LogP contribution is 2.36. The number of carboxylic acid groups (broad SMARTS) is 1. The number of fused-ring (bicyclic) bond motifs is 3. The molecule has 0 saturated heterocycles. The lowest BCUT2D eigenvalue weighted by Crippen LogP contribution is -2.36. The van der Waals surface area contributed by atoms with E-state index in [-0.39, 0.29) is 24.4 Å². The van der Waals surface area contributed by atoms with E-state index in [0.29, 0.717) is 36.5 Å². The van der Waals surface area contributed by atoms with Crippen molar-refractivity contribution < 1.29 is 27.9 Å². The van der Waals surface area contributed by atoms with Gasteiger partial charge in [0.1, 0.15) is 10.5 Å². The van der Waals surface area contributed by atoms with Crippen molar-refractivity contribution in [2.75, 3.05) is 6.54 Å². The number of thiophene rings is 1. The number of hydrogen-bond donors (Lipinski definition) is 1. The van der Waals surface area contributed by atoms with Gasteiger partial charge in [0.2, 0.25) is 5.91 Å². The van der Waals surface area contributed by atoms with Crippen LogP contribution >= 0.6 is 11.3 Å². The summed E-state index contributed by atoms with van der Waals surface area (Å²) in [5.74, 6) is -1.07. The molecule has 186 valence electrons. The summed E-state index contributed by atoms with van der Waals surface area (Å²) < 4.78 is 41.3. The van der Waals surface area contributed by atoms with Gasteiger partial charge in [0.15, 0.2) is 0 Å². The molecule has 10 heteroatoms. The maximum Gasteiger partial charge on any atom is 0.425 e. The van der Waals surface area contributed by atoms with E-state index in [9.17, 15) is 27.9 Å². The van der Waals surface area contributed by atoms with Crippen LogP contribution in [0.5, 0.6) is 0 Å². The molecule has 0 unspecified atom stereocenters. The van der Waals surface area contributed by atoms with Gasteiger partial charge in [-0.25, -0.2) is 9.78 Å². The Balaban J connectivity index is 1.37. The van der Waals surface area contributed by atoms with Gasteiger partial charge in [-0.2, -0.15) is 13.2 Å². The Labute approximate surface area is 208 Å². The van der Waals surface area contributed by atoms with Crippen molar-refractivity contribution >= 4 is 34.2 Å². The van der Waals surface area contributed by atoms with Crippen molar-refractivity contribution in [1.82, 2.24) is 14.5 Å². The minimum absolute atomic E-state index is 0.0541. The third-order valence-electron chi connectivity index (χ3n) is 6.42. The monoisotopic (exact) mass is 513 g/mol. The number of nitrogens with zero attached hydrogens (tertiary/aromatic N) is 3. The molecular weight excluding hydrogens is 491 g/mol. The topological polar surface area (TPSA) is 75.4 Å². The first kappa shape index (κ1) is 24.1. The summed E-state index contributed by atoms with van der Waals surface area (Å²) in [6.45, 7) is 1.12. The molecule has 1 N–H and O–H groups in total. The van der Waals surface area contributed by atoms with Crippen LogP contribution < -0.4 is 0 Å². The van der Waals surface area contributed by atoms with E-state index in [2.05, 4.69) is 4.98 Å². The SMILES string of the molecule is O=C(O)c1cccc(CCC(=O)N2CCc3c(n(Cc4ccc(C(F)(F)F)s4)c4ncccc34)C2)c1. The second-order valence-corrected chi connectivity index (χ2v) is 9.89. The molecule has 5 rings (SSSR count). The molecule has 1 amide bonds. The molecule has 0 aliphatic carbocycles. The number of amides is 1. The summed E-state index contributed by atoms with van der Waals surface area (Å²) in [7, 11) is 0. The zero-order valence-corrected chi connectivity index (χ0v) is 19.9. The second-order valence-electron chi connectivity index (χ2n) is 8.72. The molecule has 1 aliphatic heterocycles. The largest absolute Gasteiger partial charge is 0.478 e. The number of hydrogen-bond acceptors (Lipinski definition) is 4. The fourth-order valence-corrected chi connectivity index (χ4v) is 5.55. The van der Waals surface area contributed by atoms with E-state index in [4.69, 9.17) is 0 Å². The molecule has 0 radical (unpaired) electrons. The summed E-state index contributed by atoms with van der Waals surface area (Å²) in [4.78, 5) is 30.4. The highest BCUT2D eigenvalue weighted by Gasteiger charge is 2.33. The lowest BCUT2D eigenvalue weighted by atomic mass is 10.0. The fraction of sp³-hybridized carbons (Fsp3) is 0.269. The maximum absolute atomic E-state index is 13.1. The first-order valence-corrected chi connectivity index (χ1v) is 12.2. The van der Waals surface area contributed by atoms with Crippen LogP contribution in [0.3, 0.4) is 0 Å². The number of carbonyl (C=O) groups excluding carboxylic acids is 1. The van der Waals surface area contributed by atoms with Crippen molar-refractivity contribution in [3.05, 3.63) is 86.9 Å². The van der Waals surface area contributed by atoms with E-state index < -0.39 is 17.0 Å². The van der Waals surface area contributed by atoms with Gasteiger partial charge in [-0.1, -0.05) is 12.1 Å². The van der Waals surface area contributed by atoms with Gasteiger partial charge in [-0.15, -0.1) is 11.3 Å². The minimum atomic E-state index is -4.38. The van der Waals surface area contributed by atoms with Gasteiger partial charge >= 0.3 is 12.1 Å². The van der Waals surface area contributed by atoms with Gasteiger partial charge in [0.25, 0.3) is 0 Å². The van der Waals surface area contributed by atoms with Crippen LogP contribution in [0.25, 0.3) is 11.0 Å². The standard InChI is InChI=1S/C26H22F3N3O3S/c27-26(28,29)22-8-7-18(36-22)14-32-21-15-31(12-10-19(21)20-5-2-11-30-24(20)32)23(33)9-6-16-3-1-4-17(13-16)25(34)35/h1-5,7-8,11,13H,6,9-10,12,14-15H2,(H,34,35). The number of aromatic nitrogens is 2. The molecule has 4 heterocycles.